The predicted octanol–water partition coefficient (Wildman–Crippen LogP) is 7.66. The molecule has 4 N–H and O–H groups in total. The van der Waals surface area contributed by atoms with Crippen LogP contribution in [0.15, 0.2) is 0 Å². The van der Waals surface area contributed by atoms with Gasteiger partial charge in [-0.2, -0.15) is 0 Å². The van der Waals surface area contributed by atoms with Gasteiger partial charge in [-0.1, -0.05) is 148 Å². The van der Waals surface area contributed by atoms with Crippen molar-refractivity contribution in [3.8, 4) is 0 Å². The molecule has 0 heterocycles. The van der Waals surface area contributed by atoms with E-state index in [1.807, 2.05) is 0 Å². The van der Waals surface area contributed by atoms with Crippen LogP contribution in [0.4, 0.5) is 0 Å². The minimum atomic E-state index is -0.542. The van der Waals surface area contributed by atoms with E-state index in [2.05, 4.69) is 6.92 Å². The van der Waals surface area contributed by atoms with Crippen molar-refractivity contribution in [3.05, 3.63) is 0 Å². The molecule has 182 valence electrons. The Morgan fingerprint density at radius 2 is 0.767 bits per heavy atom. The zero-order chi connectivity index (χ0) is 22.1. The summed E-state index contributed by atoms with van der Waals surface area (Å²) in [5, 5.41) is 18.6. The van der Waals surface area contributed by atoms with Gasteiger partial charge in [-0.15, -0.1) is 0 Å². The lowest BCUT2D eigenvalue weighted by atomic mass is 10.0. The first-order valence-corrected chi connectivity index (χ1v) is 13.8. The third-order valence-corrected chi connectivity index (χ3v) is 6.56. The molecule has 0 aliphatic carbocycles. The number of aliphatic hydroxyl groups is 2. The van der Waals surface area contributed by atoms with Gasteiger partial charge in [0.2, 0.25) is 0 Å². The Kier molecular flexibility index (Phi) is 25.0. The molecule has 0 unspecified atom stereocenters. The maximum Gasteiger partial charge on any atom is 0.0713 e. The molecule has 0 aromatic heterocycles. The third kappa shape index (κ3) is 22.6. The highest BCUT2D eigenvalue weighted by Crippen LogP contribution is 2.15. The van der Waals surface area contributed by atoms with Gasteiger partial charge in [0.1, 0.15) is 0 Å². The van der Waals surface area contributed by atoms with E-state index in [0.29, 0.717) is 0 Å². The second-order valence-electron chi connectivity index (χ2n) is 9.63. The van der Waals surface area contributed by atoms with E-state index < -0.39 is 12.1 Å². The third-order valence-electron chi connectivity index (χ3n) is 6.56. The van der Waals surface area contributed by atoms with Gasteiger partial charge < -0.3 is 15.9 Å². The summed E-state index contributed by atoms with van der Waals surface area (Å²) >= 11 is 0. The number of aliphatic hydroxyl groups excluding tert-OH is 2. The molecule has 0 fully saturated rings. The molecule has 0 rings (SSSR count). The monoisotopic (exact) mass is 427 g/mol. The highest BCUT2D eigenvalue weighted by Gasteiger charge is 2.12. The molecule has 0 aliphatic heterocycles. The smallest absolute Gasteiger partial charge is 0.0713 e. The van der Waals surface area contributed by atoms with Crippen molar-refractivity contribution in [1.29, 1.82) is 0 Å². The summed E-state index contributed by atoms with van der Waals surface area (Å²) in [6, 6.07) is -0.472. The van der Waals surface area contributed by atoms with Crippen LogP contribution in [-0.2, 0) is 0 Å². The lowest BCUT2D eigenvalue weighted by molar-refractivity contribution is 0.0990. The lowest BCUT2D eigenvalue weighted by Crippen LogP contribution is -2.37. The van der Waals surface area contributed by atoms with E-state index >= 15 is 0 Å². The highest BCUT2D eigenvalue weighted by molar-refractivity contribution is 4.70. The Morgan fingerprint density at radius 3 is 1.03 bits per heavy atom. The lowest BCUT2D eigenvalue weighted by Gasteiger charge is -2.15. The van der Waals surface area contributed by atoms with E-state index in [1.165, 1.54) is 135 Å². The Hall–Kier alpha value is -0.120. The first kappa shape index (κ1) is 29.9. The summed E-state index contributed by atoms with van der Waals surface area (Å²) in [5.74, 6) is 0. The van der Waals surface area contributed by atoms with Crippen LogP contribution < -0.4 is 5.73 Å². The van der Waals surface area contributed by atoms with Crippen molar-refractivity contribution in [2.75, 3.05) is 6.61 Å². The molecule has 0 saturated heterocycles. The minimum absolute atomic E-state index is 0.125. The van der Waals surface area contributed by atoms with Crippen LogP contribution >= 0.6 is 0 Å². The van der Waals surface area contributed by atoms with Crippen molar-refractivity contribution in [3.63, 3.8) is 0 Å². The summed E-state index contributed by atoms with van der Waals surface area (Å²) in [5.41, 5.74) is 5.61. The van der Waals surface area contributed by atoms with Crippen molar-refractivity contribution < 1.29 is 10.2 Å². The molecule has 3 heteroatoms. The van der Waals surface area contributed by atoms with Crippen molar-refractivity contribution in [1.82, 2.24) is 0 Å². The number of hydrogen-bond donors (Lipinski definition) is 3. The molecule has 0 spiro atoms. The van der Waals surface area contributed by atoms with Crippen LogP contribution in [0, 0.1) is 0 Å². The van der Waals surface area contributed by atoms with Gasteiger partial charge in [0, 0.05) is 0 Å². The molecule has 0 aromatic carbocycles. The summed E-state index contributed by atoms with van der Waals surface area (Å²) in [4.78, 5) is 0. The summed E-state index contributed by atoms with van der Waals surface area (Å²) in [6.45, 7) is 2.17. The zero-order valence-corrected chi connectivity index (χ0v) is 20.6. The molecule has 0 radical (unpaired) electrons. The fraction of sp³-hybridized carbons (Fsp3) is 1.00. The van der Waals surface area contributed by atoms with Gasteiger partial charge >= 0.3 is 0 Å². The summed E-state index contributed by atoms with van der Waals surface area (Å²) < 4.78 is 0. The summed E-state index contributed by atoms with van der Waals surface area (Å²) in [6.07, 6.45) is 30.8. The minimum Gasteiger partial charge on any atom is -0.395 e. The molecule has 3 nitrogen and oxygen atoms in total. The van der Waals surface area contributed by atoms with Crippen LogP contribution in [0.5, 0.6) is 0 Å². The quantitative estimate of drug-likeness (QED) is 0.131. The van der Waals surface area contributed by atoms with Crippen molar-refractivity contribution >= 4 is 0 Å². The van der Waals surface area contributed by atoms with Crippen molar-refractivity contribution in [2.45, 2.75) is 167 Å². The molecule has 0 amide bonds. The second kappa shape index (κ2) is 25.1. The number of rotatable bonds is 25. The Bertz CT molecular complexity index is 311. The second-order valence-corrected chi connectivity index (χ2v) is 9.63. The van der Waals surface area contributed by atoms with Crippen LogP contribution in [-0.4, -0.2) is 29.0 Å². The molecular weight excluding hydrogens is 370 g/mol. The van der Waals surface area contributed by atoms with Gasteiger partial charge in [0.25, 0.3) is 0 Å². The maximum atomic E-state index is 9.70. The molecular formula is C27H57NO2. The van der Waals surface area contributed by atoms with Gasteiger partial charge in [0.05, 0.1) is 18.8 Å². The van der Waals surface area contributed by atoms with E-state index in [-0.39, 0.29) is 6.61 Å². The molecule has 30 heavy (non-hydrogen) atoms. The Balaban J connectivity index is 3.07. The molecule has 2 atom stereocenters. The first-order chi connectivity index (χ1) is 14.7. The van der Waals surface area contributed by atoms with Crippen LogP contribution in [0.25, 0.3) is 0 Å². The van der Waals surface area contributed by atoms with Crippen LogP contribution in [0.1, 0.15) is 155 Å². The topological polar surface area (TPSA) is 66.5 Å². The highest BCUT2D eigenvalue weighted by atomic mass is 16.3. The fourth-order valence-electron chi connectivity index (χ4n) is 4.30. The van der Waals surface area contributed by atoms with E-state index in [4.69, 9.17) is 10.8 Å². The average Bonchev–Trinajstić information content (AvgIpc) is 2.76. The molecule has 0 aliphatic rings. The van der Waals surface area contributed by atoms with Crippen molar-refractivity contribution in [2.24, 2.45) is 5.73 Å². The van der Waals surface area contributed by atoms with E-state index in [9.17, 15) is 5.11 Å². The van der Waals surface area contributed by atoms with E-state index in [1.54, 1.807) is 0 Å². The predicted molar refractivity (Wildman–Crippen MR) is 133 cm³/mol. The maximum absolute atomic E-state index is 9.70. The van der Waals surface area contributed by atoms with Crippen LogP contribution in [0.3, 0.4) is 0 Å². The van der Waals surface area contributed by atoms with Gasteiger partial charge in [0.15, 0.2) is 0 Å². The summed E-state index contributed by atoms with van der Waals surface area (Å²) in [7, 11) is 0. The normalized spacial score (nSPS) is 13.6. The largest absolute Gasteiger partial charge is 0.395 e. The number of nitrogens with two attached hydrogens (primary N) is 1. The van der Waals surface area contributed by atoms with E-state index in [0.717, 1.165) is 12.8 Å². The van der Waals surface area contributed by atoms with Gasteiger partial charge in [-0.25, -0.2) is 0 Å². The first-order valence-electron chi connectivity index (χ1n) is 13.8. The zero-order valence-electron chi connectivity index (χ0n) is 20.6. The standard InChI is InChI=1S/C27H57NO2/c1-2-3-4-5-6-7-8-9-10-11-12-13-14-15-16-17-18-19-20-21-22-23-24-27(30)26(28)25-29/h26-27,29-30H,2-25,28H2,1H3/t26-,27+/m0/s1. The molecule has 0 saturated carbocycles. The Labute approximate surface area is 189 Å². The number of unbranched alkanes of at least 4 members (excludes halogenated alkanes) is 21. The SMILES string of the molecule is CCCCCCCCCCCCCCCCCCCCCCCC[C@@H](O)[C@@H](N)CO. The molecule has 0 bridgehead atoms. The average molecular weight is 428 g/mol. The van der Waals surface area contributed by atoms with Crippen LogP contribution in [0.2, 0.25) is 0 Å². The number of hydrogen-bond acceptors (Lipinski definition) is 3. The van der Waals surface area contributed by atoms with Gasteiger partial charge in [-0.3, -0.25) is 0 Å². The Morgan fingerprint density at radius 1 is 0.500 bits per heavy atom. The molecule has 0 aromatic rings. The fourth-order valence-corrected chi connectivity index (χ4v) is 4.30. The van der Waals surface area contributed by atoms with Gasteiger partial charge in [-0.05, 0) is 6.42 Å².